The van der Waals surface area contributed by atoms with Gasteiger partial charge in [-0.25, -0.2) is 10.0 Å². The maximum Gasteiger partial charge on any atom is 0.267 e. The van der Waals surface area contributed by atoms with Crippen molar-refractivity contribution >= 4 is 78.3 Å². The highest BCUT2D eigenvalue weighted by Gasteiger charge is 2.41. The van der Waals surface area contributed by atoms with Gasteiger partial charge in [0.2, 0.25) is 0 Å². The van der Waals surface area contributed by atoms with Gasteiger partial charge in [-0.3, -0.25) is 9.59 Å². The minimum absolute atomic E-state index is 0.0417. The molecule has 2 aromatic carbocycles. The Morgan fingerprint density at radius 3 is 1.63 bits per heavy atom. The van der Waals surface area contributed by atoms with Crippen LogP contribution in [0.25, 0.3) is 0 Å². The average Bonchev–Trinajstić information content (AvgIpc) is 3.24. The van der Waals surface area contributed by atoms with E-state index in [9.17, 15) is 9.59 Å². The molecule has 2 amide bonds. The van der Waals surface area contributed by atoms with Gasteiger partial charge in [-0.15, -0.1) is 0 Å². The Morgan fingerprint density at radius 1 is 0.631 bits per heavy atom. The number of anilines is 4. The summed E-state index contributed by atoms with van der Waals surface area (Å²) in [6, 6.07) is 12.9. The van der Waals surface area contributed by atoms with Crippen molar-refractivity contribution in [3.05, 3.63) is 34.8 Å². The second-order valence-corrected chi connectivity index (χ2v) is 33.8. The highest BCUT2D eigenvalue weighted by atomic mass is 79.9. The molecule has 2 fully saturated rings. The van der Waals surface area contributed by atoms with E-state index >= 15 is 0 Å². The molecule has 0 N–H and O–H groups in total. The van der Waals surface area contributed by atoms with Gasteiger partial charge in [0.1, 0.15) is 50.3 Å². The molecule has 0 radical (unpaired) electrons. The first-order chi connectivity index (χ1) is 30.7. The van der Waals surface area contributed by atoms with Crippen LogP contribution in [0.5, 0.6) is 11.5 Å². The summed E-state index contributed by atoms with van der Waals surface area (Å²) in [7, 11) is -2.34. The van der Waals surface area contributed by atoms with Crippen molar-refractivity contribution in [3.63, 3.8) is 0 Å². The quantitative estimate of drug-likeness (QED) is 0.151. The number of amidine groups is 2. The summed E-state index contributed by atoms with van der Waals surface area (Å²) in [5, 5.41) is 12.2. The van der Waals surface area contributed by atoms with Crippen LogP contribution in [0.3, 0.4) is 0 Å². The summed E-state index contributed by atoms with van der Waals surface area (Å²) < 4.78 is 24.7. The van der Waals surface area contributed by atoms with Gasteiger partial charge in [-0.05, 0) is 124 Å². The van der Waals surface area contributed by atoms with Crippen LogP contribution in [0, 0.1) is 11.8 Å². The molecule has 8 rings (SSSR count). The van der Waals surface area contributed by atoms with E-state index in [0.29, 0.717) is 50.3 Å². The lowest BCUT2D eigenvalue weighted by Crippen LogP contribution is -2.57. The number of ether oxygens (including phenoxy) is 4. The number of piperidine rings is 2. The third-order valence-electron chi connectivity index (χ3n) is 13.5. The molecule has 6 aliphatic heterocycles. The summed E-state index contributed by atoms with van der Waals surface area (Å²) in [6.45, 7) is 31.5. The zero-order valence-electron chi connectivity index (χ0n) is 41.2. The molecule has 0 aliphatic carbocycles. The first-order valence-electron chi connectivity index (χ1n) is 24.0. The number of hydrogen-bond acceptors (Lipinski definition) is 12. The minimum atomic E-state index is -1.18. The van der Waals surface area contributed by atoms with Crippen LogP contribution >= 0.6 is 15.9 Å². The van der Waals surface area contributed by atoms with Crippen LogP contribution in [-0.2, 0) is 19.1 Å². The number of rotatable bonds is 12. The van der Waals surface area contributed by atoms with Crippen LogP contribution in [0.15, 0.2) is 45.0 Å². The molecule has 2 saturated heterocycles. The Balaban J connectivity index is 0.000000194. The lowest BCUT2D eigenvalue weighted by Gasteiger charge is -2.43. The highest BCUT2D eigenvalue weighted by molar-refractivity contribution is 9.10. The van der Waals surface area contributed by atoms with Crippen LogP contribution in [0.1, 0.15) is 67.2 Å². The van der Waals surface area contributed by atoms with Crippen molar-refractivity contribution in [3.8, 4) is 11.5 Å². The number of hydrazone groups is 2. The van der Waals surface area contributed by atoms with E-state index < -0.39 is 16.1 Å². The number of carbonyl (C=O) groups excluding carboxylic acids is 2. The minimum Gasteiger partial charge on any atom is -0.483 e. The second-order valence-electron chi connectivity index (χ2n) is 21.7. The fraction of sp³-hybridized carbons (Fsp3) is 0.667. The molecule has 6 atom stereocenters. The molecule has 6 heterocycles. The Morgan fingerprint density at radius 2 is 1.11 bits per heavy atom. The molecule has 2 unspecified atom stereocenters. The lowest BCUT2D eigenvalue weighted by atomic mass is 9.94. The summed E-state index contributed by atoms with van der Waals surface area (Å²) in [4.78, 5) is 35.3. The summed E-state index contributed by atoms with van der Waals surface area (Å²) >= 11 is 3.77. The number of amides is 2. The van der Waals surface area contributed by atoms with E-state index in [4.69, 9.17) is 18.9 Å². The number of hydrogen-bond donors (Lipinski definition) is 0. The van der Waals surface area contributed by atoms with E-state index in [2.05, 4.69) is 121 Å². The van der Waals surface area contributed by atoms with Crippen molar-refractivity contribution in [2.24, 2.45) is 22.0 Å². The Bertz CT molecular complexity index is 2110. The van der Waals surface area contributed by atoms with E-state index in [1.807, 2.05) is 35.8 Å². The van der Waals surface area contributed by atoms with Crippen LogP contribution in [0.2, 0.25) is 51.4 Å². The molecular weight excluding hydrogens is 921 g/mol. The van der Waals surface area contributed by atoms with Crippen molar-refractivity contribution < 1.29 is 28.5 Å². The molecule has 65 heavy (non-hydrogen) atoms. The molecule has 6 aliphatic rings. The first-order valence-corrected chi connectivity index (χ1v) is 32.2. The van der Waals surface area contributed by atoms with Gasteiger partial charge in [-0.2, -0.15) is 10.2 Å². The summed E-state index contributed by atoms with van der Waals surface area (Å²) in [6.07, 6.45) is 4.91. The van der Waals surface area contributed by atoms with Crippen LogP contribution in [-0.4, -0.2) is 127 Å². The fourth-order valence-corrected chi connectivity index (χ4v) is 11.4. The highest BCUT2D eigenvalue weighted by Crippen LogP contribution is 2.45. The van der Waals surface area contributed by atoms with Gasteiger partial charge in [0.25, 0.3) is 11.8 Å². The van der Waals surface area contributed by atoms with Gasteiger partial charge in [0, 0.05) is 64.7 Å². The lowest BCUT2D eigenvalue weighted by molar-refractivity contribution is -0.139. The van der Waals surface area contributed by atoms with E-state index in [1.54, 1.807) is 0 Å². The largest absolute Gasteiger partial charge is 0.483 e. The van der Waals surface area contributed by atoms with Crippen LogP contribution in [0.4, 0.5) is 22.7 Å². The molecular formula is C48H75BrN8O6Si2. The van der Waals surface area contributed by atoms with Gasteiger partial charge in [0.15, 0.2) is 11.7 Å². The summed E-state index contributed by atoms with van der Waals surface area (Å²) in [5.41, 5.74) is 4.17. The van der Waals surface area contributed by atoms with E-state index in [0.717, 1.165) is 69.9 Å². The van der Waals surface area contributed by atoms with Gasteiger partial charge in [-0.1, -0.05) is 53.1 Å². The molecule has 358 valence electrons. The SMILES string of the molecule is CC1C(=O)N(COCC[Si](C)(C)C)N=C2COc3cc(Br)c(N4C[C@H](C)CC[C@H]4C)cc3N21.CC1C(=O)N(COCC[Si](C)(C)C)N=C2COc3ccc(N4C[C@H](C)CC[C@H]4C)cc3N21. The van der Waals surface area contributed by atoms with Gasteiger partial charge >= 0.3 is 0 Å². The molecule has 0 aromatic heterocycles. The predicted molar refractivity (Wildman–Crippen MR) is 272 cm³/mol. The molecule has 14 nitrogen and oxygen atoms in total. The monoisotopic (exact) mass is 994 g/mol. The fourth-order valence-electron chi connectivity index (χ4n) is 9.32. The van der Waals surface area contributed by atoms with Crippen molar-refractivity contribution in [1.82, 2.24) is 10.0 Å². The maximum absolute atomic E-state index is 13.2. The predicted octanol–water partition coefficient (Wildman–Crippen LogP) is 9.50. The second kappa shape index (κ2) is 20.3. The number of carbonyl (C=O) groups is 2. The average molecular weight is 996 g/mol. The van der Waals surface area contributed by atoms with Gasteiger partial charge < -0.3 is 38.5 Å². The topological polar surface area (TPSA) is 115 Å². The van der Waals surface area contributed by atoms with Crippen molar-refractivity contribution in [2.45, 2.75) is 143 Å². The van der Waals surface area contributed by atoms with Crippen molar-refractivity contribution in [1.29, 1.82) is 0 Å². The zero-order valence-corrected chi connectivity index (χ0v) is 44.7. The van der Waals surface area contributed by atoms with Gasteiger partial charge in [0.05, 0.1) is 17.1 Å². The Kier molecular flexibility index (Phi) is 15.4. The molecule has 0 spiro atoms. The van der Waals surface area contributed by atoms with Crippen molar-refractivity contribution in [2.75, 3.05) is 72.6 Å². The Labute approximate surface area is 398 Å². The summed E-state index contributed by atoms with van der Waals surface area (Å²) in [5.74, 6) is 4.34. The normalized spacial score (nSPS) is 25.6. The maximum atomic E-state index is 13.2. The third kappa shape index (κ3) is 11.6. The Hall–Kier alpha value is -3.65. The van der Waals surface area contributed by atoms with E-state index in [1.165, 1.54) is 41.4 Å². The van der Waals surface area contributed by atoms with Crippen LogP contribution < -0.4 is 29.1 Å². The number of fused-ring (bicyclic) bond motifs is 6. The van der Waals surface area contributed by atoms with E-state index in [-0.39, 0.29) is 37.4 Å². The number of nitrogens with zero attached hydrogens (tertiary/aromatic N) is 8. The first kappa shape index (κ1) is 49.3. The smallest absolute Gasteiger partial charge is 0.267 e. The standard InChI is InChI=1S/C24H37BrN4O3Si.C24H38N4O3Si/c1-16-7-8-17(2)27(13-16)20-12-21-22(11-19(20)25)32-14-23-26-28(24(30)18(3)29(21)23)15-31-9-10-33(4,5)6;1-17-7-8-18(2)26(14-17)20-9-10-22-21(13-20)28-19(3)24(29)27(25-23(28)15-31-22)16-30-11-12-32(4,5)6/h11-12,16-18H,7-10,13-15H2,1-6H3;9-10,13,17-19H,7-8,11-12,14-16H2,1-6H3/t16-,17-,18?;17-,18-,19?/m11/s1. The number of halogens is 1. The number of benzene rings is 2. The molecule has 0 saturated carbocycles. The molecule has 0 bridgehead atoms. The molecule has 17 heteroatoms. The third-order valence-corrected chi connectivity index (χ3v) is 17.6. The molecule has 2 aromatic rings. The zero-order chi connectivity index (χ0) is 47.0.